The molecule has 0 bridgehead atoms. The van der Waals surface area contributed by atoms with Crippen molar-refractivity contribution in [3.63, 3.8) is 0 Å². The van der Waals surface area contributed by atoms with Crippen molar-refractivity contribution in [2.45, 2.75) is 12.3 Å². The summed E-state index contributed by atoms with van der Waals surface area (Å²) in [7, 11) is -2.22. The van der Waals surface area contributed by atoms with Crippen LogP contribution in [0.2, 0.25) is 0 Å². The molecule has 11 heteroatoms. The first-order chi connectivity index (χ1) is 7.20. The first-order valence-electron chi connectivity index (χ1n) is 3.87. The minimum absolute atomic E-state index is 0.909. The predicted molar refractivity (Wildman–Crippen MR) is 50.0 cm³/mol. The number of hydrogen-bond acceptors (Lipinski definition) is 8. The minimum atomic E-state index is -4.12. The fourth-order valence-corrected chi connectivity index (χ4v) is 2.40. The number of nitrogens with zero attached hydrogens (tertiary/aromatic N) is 2. The Morgan fingerprint density at radius 3 is 1.94 bits per heavy atom. The molecule has 0 aromatic carbocycles. The second-order valence-electron chi connectivity index (χ2n) is 2.84. The summed E-state index contributed by atoms with van der Waals surface area (Å²) in [6.07, 6.45) is 0. The van der Waals surface area contributed by atoms with Gasteiger partial charge in [0.05, 0.1) is 0 Å². The maximum Gasteiger partial charge on any atom is 0.368 e. The zero-order valence-electron chi connectivity index (χ0n) is 8.81. The van der Waals surface area contributed by atoms with Gasteiger partial charge >= 0.3 is 7.60 Å². The monoisotopic (exact) mass is 258 g/mol. The topological polar surface area (TPSA) is 131 Å². The van der Waals surface area contributed by atoms with Gasteiger partial charge in [0.25, 0.3) is 10.4 Å². The van der Waals surface area contributed by atoms with Crippen molar-refractivity contribution in [2.24, 2.45) is 0 Å². The van der Waals surface area contributed by atoms with Crippen LogP contribution in [0.3, 0.4) is 0 Å². The number of hydrogen-bond donors (Lipinski definition) is 0. The van der Waals surface area contributed by atoms with Gasteiger partial charge in [0.15, 0.2) is 0 Å². The van der Waals surface area contributed by atoms with Crippen molar-refractivity contribution in [3.8, 4) is 0 Å². The fraction of sp³-hybridized carbons (Fsp3) is 1.00. The van der Waals surface area contributed by atoms with Gasteiger partial charge in [0, 0.05) is 19.1 Å². The van der Waals surface area contributed by atoms with Crippen molar-refractivity contribution in [1.82, 2.24) is 0 Å². The third kappa shape index (κ3) is 3.12. The first-order valence-corrected chi connectivity index (χ1v) is 5.42. The van der Waals surface area contributed by atoms with Crippen LogP contribution < -0.4 is 0 Å². The third-order valence-corrected chi connectivity index (χ3v) is 4.10. The molecule has 0 radical (unpaired) electrons. The van der Waals surface area contributed by atoms with Gasteiger partial charge in [-0.1, -0.05) is 0 Å². The molecule has 0 amide bonds. The molecule has 0 N–H and O–H groups in total. The quantitative estimate of drug-likeness (QED) is 0.369. The van der Waals surface area contributed by atoms with E-state index in [1.165, 1.54) is 0 Å². The summed E-state index contributed by atoms with van der Waals surface area (Å²) < 4.78 is 20.8. The Morgan fingerprint density at radius 2 is 1.69 bits per heavy atom. The smallest absolute Gasteiger partial charge is 0.310 e. The number of nitro groups is 1. The van der Waals surface area contributed by atoms with Crippen LogP contribution in [-0.4, -0.2) is 36.1 Å². The second-order valence-corrected chi connectivity index (χ2v) is 5.51. The summed E-state index contributed by atoms with van der Waals surface area (Å²) >= 11 is 0. The molecule has 0 spiro atoms. The maximum atomic E-state index is 11.9. The Balaban J connectivity index is 5.27. The molecule has 1 unspecified atom stereocenters. The highest BCUT2D eigenvalue weighted by atomic mass is 31.2. The van der Waals surface area contributed by atoms with Crippen molar-refractivity contribution in [1.29, 1.82) is 0 Å². The fourth-order valence-electron chi connectivity index (χ4n) is 1.03. The van der Waals surface area contributed by atoms with Crippen LogP contribution in [0.4, 0.5) is 0 Å². The van der Waals surface area contributed by atoms with Gasteiger partial charge in [-0.2, -0.15) is 0 Å². The summed E-state index contributed by atoms with van der Waals surface area (Å²) in [5.74, 6) is 0. The highest BCUT2D eigenvalue weighted by molar-refractivity contribution is 7.55. The molecule has 0 saturated carbocycles. The molecule has 94 valence electrons. The lowest BCUT2D eigenvalue weighted by Gasteiger charge is -2.28. The molecular weight excluding hydrogens is 247 g/mol. The molecular formula is C5H11N2O8P. The standard InChI is InChI=1S/C5H11N2O8P/c1-5(4-6(8)9,15-7(10)11)16(12,13-2)14-3/h4H2,1-3H3. The minimum Gasteiger partial charge on any atom is -0.310 e. The lowest BCUT2D eigenvalue weighted by atomic mass is 10.4. The van der Waals surface area contributed by atoms with Crippen LogP contribution in [0.5, 0.6) is 0 Å². The van der Waals surface area contributed by atoms with E-state index < -0.39 is 29.5 Å². The van der Waals surface area contributed by atoms with Gasteiger partial charge < -0.3 is 9.05 Å². The van der Waals surface area contributed by atoms with E-state index in [1.54, 1.807) is 0 Å². The molecule has 0 aromatic rings. The van der Waals surface area contributed by atoms with E-state index in [1.807, 2.05) is 0 Å². The van der Waals surface area contributed by atoms with E-state index >= 15 is 0 Å². The zero-order chi connectivity index (χ0) is 13.0. The molecule has 0 aliphatic carbocycles. The average Bonchev–Trinajstić information content (AvgIpc) is 2.13. The molecule has 0 heterocycles. The van der Waals surface area contributed by atoms with E-state index in [4.69, 9.17) is 0 Å². The molecule has 10 nitrogen and oxygen atoms in total. The molecule has 0 saturated heterocycles. The Hall–Kier alpha value is -1.25. The lowest BCUT2D eigenvalue weighted by molar-refractivity contribution is -0.779. The molecule has 0 fully saturated rings. The summed E-state index contributed by atoms with van der Waals surface area (Å²) in [5, 5.41) is 17.0. The van der Waals surface area contributed by atoms with Crippen LogP contribution in [0.15, 0.2) is 0 Å². The highest BCUT2D eigenvalue weighted by Gasteiger charge is 2.54. The van der Waals surface area contributed by atoms with Crippen LogP contribution >= 0.6 is 7.60 Å². The van der Waals surface area contributed by atoms with Gasteiger partial charge in [-0.25, -0.2) is 0 Å². The highest BCUT2D eigenvalue weighted by Crippen LogP contribution is 2.59. The van der Waals surface area contributed by atoms with Gasteiger partial charge in [0.1, 0.15) is 0 Å². The van der Waals surface area contributed by atoms with Crippen molar-refractivity contribution >= 4 is 7.60 Å². The van der Waals surface area contributed by atoms with E-state index in [9.17, 15) is 24.8 Å². The maximum absolute atomic E-state index is 11.9. The summed E-state index contributed by atoms with van der Waals surface area (Å²) in [5.41, 5.74) is 0. The summed E-state index contributed by atoms with van der Waals surface area (Å²) in [6.45, 7) is -0.181. The van der Waals surface area contributed by atoms with Crippen LogP contribution in [0, 0.1) is 20.2 Å². The Morgan fingerprint density at radius 1 is 1.25 bits per heavy atom. The SMILES string of the molecule is COP(=O)(OC)C(C)(C[N+](=O)[O-])O[N+](=O)[O-]. The molecule has 0 rings (SSSR count). The third-order valence-electron chi connectivity index (χ3n) is 1.75. The zero-order valence-corrected chi connectivity index (χ0v) is 9.71. The lowest BCUT2D eigenvalue weighted by Crippen LogP contribution is -2.39. The molecule has 0 aromatic heterocycles. The van der Waals surface area contributed by atoms with Crippen LogP contribution in [0.1, 0.15) is 6.92 Å². The normalized spacial score (nSPS) is 15.2. The van der Waals surface area contributed by atoms with Gasteiger partial charge in [-0.15, -0.1) is 10.1 Å². The van der Waals surface area contributed by atoms with Crippen molar-refractivity contribution in [3.05, 3.63) is 20.2 Å². The van der Waals surface area contributed by atoms with Gasteiger partial charge in [0.2, 0.25) is 6.54 Å². The molecule has 1 atom stereocenters. The van der Waals surface area contributed by atoms with Crippen LogP contribution in [0.25, 0.3) is 0 Å². The summed E-state index contributed by atoms with van der Waals surface area (Å²) in [4.78, 5) is 23.7. The summed E-state index contributed by atoms with van der Waals surface area (Å²) in [6, 6.07) is 0. The van der Waals surface area contributed by atoms with Crippen molar-refractivity contribution in [2.75, 3.05) is 20.8 Å². The van der Waals surface area contributed by atoms with Gasteiger partial charge in [-0.05, 0) is 6.92 Å². The van der Waals surface area contributed by atoms with E-state index in [0.29, 0.717) is 0 Å². The average molecular weight is 258 g/mol. The van der Waals surface area contributed by atoms with E-state index in [0.717, 1.165) is 21.1 Å². The Labute approximate surface area is 90.3 Å². The Bertz CT molecular complexity index is 306. The van der Waals surface area contributed by atoms with Gasteiger partial charge in [-0.3, -0.25) is 19.5 Å². The number of rotatable bonds is 7. The largest absolute Gasteiger partial charge is 0.368 e. The Kier molecular flexibility index (Phi) is 4.79. The predicted octanol–water partition coefficient (Wildman–Crippen LogP) is 0.673. The van der Waals surface area contributed by atoms with E-state index in [2.05, 4.69) is 13.9 Å². The van der Waals surface area contributed by atoms with E-state index in [-0.39, 0.29) is 0 Å². The first kappa shape index (κ1) is 14.8. The van der Waals surface area contributed by atoms with Crippen LogP contribution in [-0.2, 0) is 18.5 Å². The molecule has 0 aliphatic heterocycles. The molecule has 0 aliphatic rings. The molecule has 16 heavy (non-hydrogen) atoms. The second kappa shape index (κ2) is 5.19. The van der Waals surface area contributed by atoms with Crippen molar-refractivity contribution < 1.29 is 28.5 Å².